The van der Waals surface area contributed by atoms with Gasteiger partial charge >= 0.3 is 0 Å². The third-order valence-corrected chi connectivity index (χ3v) is 3.82. The number of carbonyl (C=O) groups is 1. The van der Waals surface area contributed by atoms with Crippen LogP contribution in [0, 0.1) is 17.7 Å². The normalized spacial score (nSPS) is 29.8. The highest BCUT2D eigenvalue weighted by molar-refractivity contribution is 5.84. The molecule has 1 saturated carbocycles. The largest absolute Gasteiger partial charge is 0.299 e. The van der Waals surface area contributed by atoms with Crippen molar-refractivity contribution in [3.8, 4) is 0 Å². The van der Waals surface area contributed by atoms with Crippen LogP contribution in [0.1, 0.15) is 6.42 Å². The molecule has 1 aliphatic carbocycles. The second-order valence-corrected chi connectivity index (χ2v) is 5.17. The van der Waals surface area contributed by atoms with E-state index in [4.69, 9.17) is 0 Å². The number of hydrazine groups is 1. The molecule has 18 heavy (non-hydrogen) atoms. The highest BCUT2D eigenvalue weighted by Crippen LogP contribution is 2.48. The standard InChI is InChI=1S/C13H16FN3O/c1-17-7-8-6-11(8)12(17)13(18)16-15-10-4-2-9(14)3-5-10/h2-5,8,11-12,15H,6-7H2,1H3,(H,16,18)/t8-,11?,12?/m1/s1. The number of hydrogen-bond donors (Lipinski definition) is 2. The Hall–Kier alpha value is -1.62. The van der Waals surface area contributed by atoms with Crippen molar-refractivity contribution < 1.29 is 9.18 Å². The number of nitrogens with zero attached hydrogens (tertiary/aromatic N) is 1. The van der Waals surface area contributed by atoms with Crippen LogP contribution in [0.25, 0.3) is 0 Å². The zero-order valence-corrected chi connectivity index (χ0v) is 10.2. The van der Waals surface area contributed by atoms with Crippen molar-refractivity contribution in [3.63, 3.8) is 0 Å². The monoisotopic (exact) mass is 249 g/mol. The zero-order chi connectivity index (χ0) is 12.7. The van der Waals surface area contributed by atoms with E-state index in [0.29, 0.717) is 17.5 Å². The fourth-order valence-corrected chi connectivity index (χ4v) is 2.81. The Balaban J connectivity index is 1.57. The SMILES string of the molecule is CN1C[C@H]2CC2C1C(=O)NNc1ccc(F)cc1. The molecule has 2 unspecified atom stereocenters. The van der Waals surface area contributed by atoms with Gasteiger partial charge in [-0.3, -0.25) is 20.5 Å². The minimum Gasteiger partial charge on any atom is -0.299 e. The Labute approximate surface area is 105 Å². The Morgan fingerprint density at radius 1 is 1.39 bits per heavy atom. The van der Waals surface area contributed by atoms with Crippen molar-refractivity contribution in [2.24, 2.45) is 11.8 Å². The minimum absolute atomic E-state index is 0.00757. The number of nitrogens with one attached hydrogen (secondary N) is 2. The molecule has 1 amide bonds. The van der Waals surface area contributed by atoms with Crippen molar-refractivity contribution in [1.82, 2.24) is 10.3 Å². The average molecular weight is 249 g/mol. The molecule has 0 bridgehead atoms. The molecule has 3 rings (SSSR count). The van der Waals surface area contributed by atoms with Crippen LogP contribution in [-0.4, -0.2) is 30.4 Å². The number of piperidine rings is 1. The molecular weight excluding hydrogens is 233 g/mol. The second-order valence-electron chi connectivity index (χ2n) is 5.17. The first-order valence-electron chi connectivity index (χ1n) is 6.17. The van der Waals surface area contributed by atoms with Crippen molar-refractivity contribution in [2.45, 2.75) is 12.5 Å². The van der Waals surface area contributed by atoms with Gasteiger partial charge in [-0.25, -0.2) is 4.39 Å². The lowest BCUT2D eigenvalue weighted by Gasteiger charge is -2.22. The summed E-state index contributed by atoms with van der Waals surface area (Å²) in [7, 11) is 1.98. The van der Waals surface area contributed by atoms with Gasteiger partial charge in [-0.2, -0.15) is 0 Å². The Morgan fingerprint density at radius 3 is 2.72 bits per heavy atom. The summed E-state index contributed by atoms with van der Waals surface area (Å²) in [4.78, 5) is 14.1. The van der Waals surface area contributed by atoms with E-state index in [0.717, 1.165) is 6.54 Å². The lowest BCUT2D eigenvalue weighted by molar-refractivity contribution is -0.125. The molecule has 1 aromatic carbocycles. The fourth-order valence-electron chi connectivity index (χ4n) is 2.81. The number of likely N-dealkylation sites (tertiary alicyclic amines) is 1. The van der Waals surface area contributed by atoms with E-state index in [1.807, 2.05) is 7.05 Å². The Morgan fingerprint density at radius 2 is 2.11 bits per heavy atom. The molecule has 1 aliphatic heterocycles. The summed E-state index contributed by atoms with van der Waals surface area (Å²) in [5.74, 6) is 0.927. The van der Waals surface area contributed by atoms with Crippen molar-refractivity contribution in [3.05, 3.63) is 30.1 Å². The Bertz CT molecular complexity index is 460. The van der Waals surface area contributed by atoms with Gasteiger partial charge in [0.1, 0.15) is 5.82 Å². The maximum absolute atomic E-state index is 12.7. The van der Waals surface area contributed by atoms with Gasteiger partial charge in [-0.15, -0.1) is 0 Å². The van der Waals surface area contributed by atoms with Crippen LogP contribution < -0.4 is 10.9 Å². The van der Waals surface area contributed by atoms with Crippen LogP contribution >= 0.6 is 0 Å². The molecule has 1 saturated heterocycles. The van der Waals surface area contributed by atoms with E-state index < -0.39 is 0 Å². The number of rotatable bonds is 3. The number of benzene rings is 1. The van der Waals surface area contributed by atoms with Gasteiger partial charge in [0, 0.05) is 6.54 Å². The number of carbonyl (C=O) groups excluding carboxylic acids is 1. The first kappa shape index (κ1) is 11.5. The molecule has 2 N–H and O–H groups in total. The molecule has 0 spiro atoms. The number of hydrogen-bond acceptors (Lipinski definition) is 3. The maximum atomic E-state index is 12.7. The summed E-state index contributed by atoms with van der Waals surface area (Å²) in [6, 6.07) is 5.87. The molecule has 2 fully saturated rings. The topological polar surface area (TPSA) is 44.4 Å². The lowest BCUT2D eigenvalue weighted by atomic mass is 10.2. The Kier molecular flexibility index (Phi) is 2.70. The van der Waals surface area contributed by atoms with Gasteiger partial charge in [-0.05, 0) is 49.6 Å². The number of likely N-dealkylation sites (N-methyl/N-ethyl adjacent to an activating group) is 1. The molecule has 5 heteroatoms. The summed E-state index contributed by atoms with van der Waals surface area (Å²) in [6.45, 7) is 1.01. The molecule has 96 valence electrons. The van der Waals surface area contributed by atoms with Gasteiger partial charge in [0.25, 0.3) is 5.91 Å². The molecule has 4 nitrogen and oxygen atoms in total. The third-order valence-electron chi connectivity index (χ3n) is 3.82. The van der Waals surface area contributed by atoms with Crippen LogP contribution in [0.2, 0.25) is 0 Å². The highest BCUT2D eigenvalue weighted by Gasteiger charge is 2.54. The maximum Gasteiger partial charge on any atom is 0.255 e. The molecule has 3 atom stereocenters. The van der Waals surface area contributed by atoms with Gasteiger partial charge in [0.2, 0.25) is 0 Å². The molecule has 0 radical (unpaired) electrons. The van der Waals surface area contributed by atoms with E-state index in [1.165, 1.54) is 18.6 Å². The summed E-state index contributed by atoms with van der Waals surface area (Å²) < 4.78 is 12.7. The van der Waals surface area contributed by atoms with E-state index >= 15 is 0 Å². The van der Waals surface area contributed by atoms with Gasteiger partial charge < -0.3 is 0 Å². The summed E-state index contributed by atoms with van der Waals surface area (Å²) in [6.07, 6.45) is 1.17. The smallest absolute Gasteiger partial charge is 0.255 e. The van der Waals surface area contributed by atoms with Crippen LogP contribution in [0.5, 0.6) is 0 Å². The average Bonchev–Trinajstić information content (AvgIpc) is 3.00. The van der Waals surface area contributed by atoms with Crippen LogP contribution in [0.4, 0.5) is 10.1 Å². The van der Waals surface area contributed by atoms with E-state index in [1.54, 1.807) is 12.1 Å². The predicted octanol–water partition coefficient (Wildman–Crippen LogP) is 1.22. The van der Waals surface area contributed by atoms with Crippen molar-refractivity contribution in [1.29, 1.82) is 0 Å². The van der Waals surface area contributed by atoms with Crippen LogP contribution in [0.3, 0.4) is 0 Å². The van der Waals surface area contributed by atoms with Crippen molar-refractivity contribution >= 4 is 11.6 Å². The van der Waals surface area contributed by atoms with Gasteiger partial charge in [0.05, 0.1) is 11.7 Å². The van der Waals surface area contributed by atoms with E-state index in [9.17, 15) is 9.18 Å². The second kappa shape index (κ2) is 4.24. The first-order chi connectivity index (χ1) is 8.65. The van der Waals surface area contributed by atoms with Gasteiger partial charge in [-0.1, -0.05) is 0 Å². The summed E-state index contributed by atoms with van der Waals surface area (Å²) in [5.41, 5.74) is 6.19. The number of fused-ring (bicyclic) bond motifs is 1. The van der Waals surface area contributed by atoms with Crippen molar-refractivity contribution in [2.75, 3.05) is 19.0 Å². The minimum atomic E-state index is -0.289. The van der Waals surface area contributed by atoms with Gasteiger partial charge in [0.15, 0.2) is 0 Å². The zero-order valence-electron chi connectivity index (χ0n) is 10.2. The lowest BCUT2D eigenvalue weighted by Crippen LogP contribution is -2.45. The van der Waals surface area contributed by atoms with E-state index in [2.05, 4.69) is 15.8 Å². The summed E-state index contributed by atoms with van der Waals surface area (Å²) >= 11 is 0. The van der Waals surface area contributed by atoms with E-state index in [-0.39, 0.29) is 17.8 Å². The summed E-state index contributed by atoms with van der Waals surface area (Å²) in [5, 5.41) is 0. The predicted molar refractivity (Wildman–Crippen MR) is 66.2 cm³/mol. The van der Waals surface area contributed by atoms with Crippen LogP contribution in [-0.2, 0) is 4.79 Å². The quantitative estimate of drug-likeness (QED) is 0.792. The number of anilines is 1. The molecular formula is C13H16FN3O. The third kappa shape index (κ3) is 2.06. The molecule has 1 aromatic rings. The number of halogens is 1. The molecule has 2 aliphatic rings. The number of amides is 1. The highest BCUT2D eigenvalue weighted by atomic mass is 19.1. The molecule has 0 aromatic heterocycles. The fraction of sp³-hybridized carbons (Fsp3) is 0.462. The molecule has 1 heterocycles. The van der Waals surface area contributed by atoms with Crippen LogP contribution in [0.15, 0.2) is 24.3 Å². The first-order valence-corrected chi connectivity index (χ1v) is 6.17.